The second kappa shape index (κ2) is 6.39. The average Bonchev–Trinajstić information content (AvgIpc) is 2.41. The van der Waals surface area contributed by atoms with Crippen molar-refractivity contribution in [1.82, 2.24) is 4.90 Å². The molecule has 1 heterocycles. The van der Waals surface area contributed by atoms with Gasteiger partial charge in [-0.15, -0.1) is 0 Å². The number of likely N-dealkylation sites (tertiary alicyclic amines) is 1. The number of carbonyl (C=O) groups is 1. The van der Waals surface area contributed by atoms with Gasteiger partial charge in [-0.1, -0.05) is 15.9 Å². The van der Waals surface area contributed by atoms with Crippen LogP contribution in [0.15, 0.2) is 22.7 Å². The molecule has 1 saturated heterocycles. The molecule has 104 valence electrons. The Morgan fingerprint density at radius 2 is 2.37 bits per heavy atom. The van der Waals surface area contributed by atoms with Gasteiger partial charge >= 0.3 is 0 Å². The van der Waals surface area contributed by atoms with Gasteiger partial charge in [0.15, 0.2) is 0 Å². The van der Waals surface area contributed by atoms with Crippen LogP contribution in [0.4, 0.5) is 5.69 Å². The third-order valence-corrected chi connectivity index (χ3v) is 3.95. The molecule has 0 bridgehead atoms. The summed E-state index contributed by atoms with van der Waals surface area (Å²) in [5.74, 6) is 0.440. The lowest BCUT2D eigenvalue weighted by Crippen LogP contribution is -2.41. The minimum Gasteiger partial charge on any atom is -0.398 e. The Balaban J connectivity index is 2.12. The highest BCUT2D eigenvalue weighted by atomic mass is 79.9. The summed E-state index contributed by atoms with van der Waals surface area (Å²) < 4.78 is 6.06. The Bertz CT molecular complexity index is 463. The monoisotopic (exact) mass is 326 g/mol. The van der Waals surface area contributed by atoms with E-state index >= 15 is 0 Å². The van der Waals surface area contributed by atoms with E-state index in [2.05, 4.69) is 15.9 Å². The number of halogens is 1. The van der Waals surface area contributed by atoms with Crippen molar-refractivity contribution >= 4 is 27.5 Å². The Morgan fingerprint density at radius 1 is 1.58 bits per heavy atom. The molecule has 2 rings (SSSR count). The van der Waals surface area contributed by atoms with Crippen LogP contribution in [0.3, 0.4) is 0 Å². The molecule has 1 atom stereocenters. The number of carbonyl (C=O) groups excluding carboxylic acids is 1. The quantitative estimate of drug-likeness (QED) is 0.868. The lowest BCUT2D eigenvalue weighted by Gasteiger charge is -2.32. The molecule has 1 amide bonds. The molecule has 1 fully saturated rings. The predicted molar refractivity (Wildman–Crippen MR) is 79.1 cm³/mol. The predicted octanol–water partition coefficient (Wildman–Crippen LogP) is 2.53. The molecular weight excluding hydrogens is 308 g/mol. The van der Waals surface area contributed by atoms with E-state index in [-0.39, 0.29) is 5.91 Å². The van der Waals surface area contributed by atoms with Gasteiger partial charge in [0.05, 0.1) is 12.2 Å². The van der Waals surface area contributed by atoms with E-state index < -0.39 is 0 Å². The van der Waals surface area contributed by atoms with E-state index in [1.165, 1.54) is 0 Å². The van der Waals surface area contributed by atoms with E-state index in [1.54, 1.807) is 19.2 Å². The summed E-state index contributed by atoms with van der Waals surface area (Å²) in [6.07, 6.45) is 2.14. The first-order chi connectivity index (χ1) is 9.11. The second-order valence-electron chi connectivity index (χ2n) is 4.95. The summed E-state index contributed by atoms with van der Waals surface area (Å²) in [7, 11) is 1.70. The fourth-order valence-corrected chi connectivity index (χ4v) is 2.87. The van der Waals surface area contributed by atoms with Crippen molar-refractivity contribution < 1.29 is 9.53 Å². The molecule has 0 radical (unpaired) electrons. The van der Waals surface area contributed by atoms with Crippen molar-refractivity contribution in [2.45, 2.75) is 12.8 Å². The molecule has 0 aromatic heterocycles. The van der Waals surface area contributed by atoms with Crippen LogP contribution < -0.4 is 5.73 Å². The Hall–Kier alpha value is -1.07. The van der Waals surface area contributed by atoms with Crippen molar-refractivity contribution in [3.63, 3.8) is 0 Å². The van der Waals surface area contributed by atoms with E-state index in [1.807, 2.05) is 11.0 Å². The zero-order chi connectivity index (χ0) is 13.8. The minimum absolute atomic E-state index is 0.0135. The fraction of sp³-hybridized carbons (Fsp3) is 0.500. The molecule has 0 aliphatic carbocycles. The van der Waals surface area contributed by atoms with Crippen LogP contribution in [0.25, 0.3) is 0 Å². The highest BCUT2D eigenvalue weighted by Crippen LogP contribution is 2.23. The third-order valence-electron chi connectivity index (χ3n) is 3.45. The normalized spacial score (nSPS) is 19.5. The van der Waals surface area contributed by atoms with Crippen molar-refractivity contribution in [2.24, 2.45) is 5.92 Å². The summed E-state index contributed by atoms with van der Waals surface area (Å²) in [4.78, 5) is 14.4. The number of nitrogens with two attached hydrogens (primary N) is 1. The van der Waals surface area contributed by atoms with Crippen LogP contribution in [-0.2, 0) is 4.74 Å². The fourth-order valence-electron chi connectivity index (χ4n) is 2.51. The maximum atomic E-state index is 12.5. The summed E-state index contributed by atoms with van der Waals surface area (Å²) in [6.45, 7) is 2.25. The zero-order valence-corrected chi connectivity index (χ0v) is 12.6. The lowest BCUT2D eigenvalue weighted by molar-refractivity contribution is 0.0572. The van der Waals surface area contributed by atoms with E-state index in [4.69, 9.17) is 10.5 Å². The molecule has 1 aliphatic rings. The highest BCUT2D eigenvalue weighted by molar-refractivity contribution is 9.10. The molecule has 1 aliphatic heterocycles. The van der Waals surface area contributed by atoms with Gasteiger partial charge in [-0.25, -0.2) is 0 Å². The number of anilines is 1. The van der Waals surface area contributed by atoms with Crippen molar-refractivity contribution in [3.8, 4) is 0 Å². The van der Waals surface area contributed by atoms with Gasteiger partial charge in [0.1, 0.15) is 0 Å². The van der Waals surface area contributed by atoms with Gasteiger partial charge in [0.25, 0.3) is 5.91 Å². The van der Waals surface area contributed by atoms with Crippen LogP contribution >= 0.6 is 15.9 Å². The first-order valence-electron chi connectivity index (χ1n) is 6.45. The number of rotatable bonds is 3. The molecule has 1 aromatic rings. The largest absolute Gasteiger partial charge is 0.398 e. The van der Waals surface area contributed by atoms with Crippen molar-refractivity contribution in [1.29, 1.82) is 0 Å². The number of amides is 1. The average molecular weight is 327 g/mol. The molecule has 0 spiro atoms. The SMILES string of the molecule is COCC1CCCN(C(=O)c2cc(Br)ccc2N)C1. The van der Waals surface area contributed by atoms with Gasteiger partial charge < -0.3 is 15.4 Å². The molecule has 5 heteroatoms. The van der Waals surface area contributed by atoms with E-state index in [9.17, 15) is 4.79 Å². The number of benzene rings is 1. The van der Waals surface area contributed by atoms with E-state index in [0.29, 0.717) is 23.8 Å². The van der Waals surface area contributed by atoms with Crippen molar-refractivity contribution in [3.05, 3.63) is 28.2 Å². The maximum Gasteiger partial charge on any atom is 0.255 e. The smallest absolute Gasteiger partial charge is 0.255 e. The molecular formula is C14H19BrN2O2. The van der Waals surface area contributed by atoms with Crippen LogP contribution in [0.5, 0.6) is 0 Å². The van der Waals surface area contributed by atoms with E-state index in [0.717, 1.165) is 30.4 Å². The number of nitrogen functional groups attached to an aromatic ring is 1. The molecule has 2 N–H and O–H groups in total. The van der Waals surface area contributed by atoms with Crippen LogP contribution in [0.2, 0.25) is 0 Å². The summed E-state index contributed by atoms with van der Waals surface area (Å²) in [6, 6.07) is 5.39. The summed E-state index contributed by atoms with van der Waals surface area (Å²) in [5, 5.41) is 0. The summed E-state index contributed by atoms with van der Waals surface area (Å²) >= 11 is 3.38. The first-order valence-corrected chi connectivity index (χ1v) is 7.24. The minimum atomic E-state index is 0.0135. The molecule has 1 aromatic carbocycles. The first kappa shape index (κ1) is 14.3. The third kappa shape index (κ3) is 3.48. The molecule has 0 saturated carbocycles. The number of ether oxygens (including phenoxy) is 1. The number of piperidine rings is 1. The highest BCUT2D eigenvalue weighted by Gasteiger charge is 2.25. The van der Waals surface area contributed by atoms with Gasteiger partial charge in [-0.05, 0) is 37.0 Å². The Morgan fingerprint density at radius 3 is 3.11 bits per heavy atom. The van der Waals surface area contributed by atoms with Gasteiger partial charge in [0, 0.05) is 30.4 Å². The number of nitrogens with zero attached hydrogens (tertiary/aromatic N) is 1. The molecule has 19 heavy (non-hydrogen) atoms. The molecule has 1 unspecified atom stereocenters. The van der Waals surface area contributed by atoms with Crippen LogP contribution in [0, 0.1) is 5.92 Å². The number of hydrogen-bond donors (Lipinski definition) is 1. The van der Waals surface area contributed by atoms with Gasteiger partial charge in [-0.2, -0.15) is 0 Å². The maximum absolute atomic E-state index is 12.5. The van der Waals surface area contributed by atoms with Gasteiger partial charge in [0.2, 0.25) is 0 Å². The Kier molecular flexibility index (Phi) is 4.82. The van der Waals surface area contributed by atoms with Crippen molar-refractivity contribution in [2.75, 3.05) is 32.5 Å². The lowest BCUT2D eigenvalue weighted by atomic mass is 9.98. The number of hydrogen-bond acceptors (Lipinski definition) is 3. The van der Waals surface area contributed by atoms with Gasteiger partial charge in [-0.3, -0.25) is 4.79 Å². The second-order valence-corrected chi connectivity index (χ2v) is 5.86. The standard InChI is InChI=1S/C14H19BrN2O2/c1-19-9-10-3-2-6-17(8-10)14(18)12-7-11(15)4-5-13(12)16/h4-5,7,10H,2-3,6,8-9,16H2,1H3. The topological polar surface area (TPSA) is 55.6 Å². The zero-order valence-electron chi connectivity index (χ0n) is 11.1. The summed E-state index contributed by atoms with van der Waals surface area (Å²) in [5.41, 5.74) is 7.00. The van der Waals surface area contributed by atoms with Crippen LogP contribution in [0.1, 0.15) is 23.2 Å². The Labute approximate surface area is 122 Å². The van der Waals surface area contributed by atoms with Crippen LogP contribution in [-0.4, -0.2) is 37.6 Å². The molecule has 4 nitrogen and oxygen atoms in total. The number of methoxy groups -OCH3 is 1.